The molecule has 1 N–H and O–H groups in total. The molecule has 1 aliphatic heterocycles. The molecule has 0 amide bonds. The number of aromatic amines is 1. The molecule has 4 heteroatoms. The third-order valence-corrected chi connectivity index (χ3v) is 5.33. The minimum atomic E-state index is 0.970. The number of rotatable bonds is 4. The van der Waals surface area contributed by atoms with Gasteiger partial charge in [-0.25, -0.2) is 0 Å². The molecule has 0 bridgehead atoms. The molecule has 2 aromatic rings. The average Bonchev–Trinajstić information content (AvgIpc) is 3.05. The maximum Gasteiger partial charge on any atom is 0.0380 e. The van der Waals surface area contributed by atoms with Crippen molar-refractivity contribution in [3.63, 3.8) is 0 Å². The van der Waals surface area contributed by atoms with Crippen molar-refractivity contribution < 1.29 is 0 Å². The minimum Gasteiger partial charge on any atom is -0.371 e. The van der Waals surface area contributed by atoms with E-state index in [4.69, 9.17) is 0 Å². The van der Waals surface area contributed by atoms with Gasteiger partial charge in [0.25, 0.3) is 0 Å². The Balaban J connectivity index is 1.62. The van der Waals surface area contributed by atoms with Crippen LogP contribution in [0.2, 0.25) is 0 Å². The molecule has 0 spiro atoms. The van der Waals surface area contributed by atoms with Crippen LogP contribution in [0.5, 0.6) is 0 Å². The van der Waals surface area contributed by atoms with Crippen LogP contribution in [-0.2, 0) is 0 Å². The topological polar surface area (TPSA) is 22.3 Å². The Labute approximate surface area is 148 Å². The van der Waals surface area contributed by atoms with Crippen molar-refractivity contribution in [3.05, 3.63) is 58.9 Å². The molecule has 24 heavy (non-hydrogen) atoms. The number of anilines is 1. The van der Waals surface area contributed by atoms with Crippen molar-refractivity contribution >= 4 is 30.1 Å². The van der Waals surface area contributed by atoms with E-state index in [9.17, 15) is 0 Å². The van der Waals surface area contributed by atoms with Crippen LogP contribution < -0.4 is 15.5 Å². The molecule has 1 aliphatic rings. The van der Waals surface area contributed by atoms with Gasteiger partial charge in [-0.05, 0) is 54.8 Å². The number of thioether (sulfide) groups is 1. The molecule has 1 aromatic heterocycles. The van der Waals surface area contributed by atoms with Crippen LogP contribution in [0, 0.1) is 0 Å². The zero-order valence-electron chi connectivity index (χ0n) is 14.5. The van der Waals surface area contributed by atoms with Gasteiger partial charge < -0.3 is 14.8 Å². The van der Waals surface area contributed by atoms with E-state index in [1.807, 2.05) is 6.20 Å². The molecule has 0 radical (unpaired) electrons. The van der Waals surface area contributed by atoms with E-state index in [2.05, 4.69) is 77.0 Å². The number of aromatic nitrogens is 1. The highest BCUT2D eigenvalue weighted by Gasteiger charge is 2.16. The fourth-order valence-corrected chi connectivity index (χ4v) is 3.41. The number of piperazine rings is 1. The molecule has 1 aromatic carbocycles. The van der Waals surface area contributed by atoms with E-state index in [0.717, 1.165) is 36.7 Å². The van der Waals surface area contributed by atoms with Crippen molar-refractivity contribution in [2.45, 2.75) is 11.8 Å². The minimum absolute atomic E-state index is 0.970. The highest BCUT2D eigenvalue weighted by Crippen LogP contribution is 2.22. The summed E-state index contributed by atoms with van der Waals surface area (Å²) in [6.45, 7) is 10.4. The summed E-state index contributed by atoms with van der Waals surface area (Å²) in [5, 5.41) is 2.12. The number of hydrogen-bond donors (Lipinski definition) is 1. The Hall–Kier alpha value is -2.07. The van der Waals surface area contributed by atoms with Gasteiger partial charge in [0.15, 0.2) is 0 Å². The summed E-state index contributed by atoms with van der Waals surface area (Å²) in [7, 11) is 0. The zero-order chi connectivity index (χ0) is 16.9. The summed E-state index contributed by atoms with van der Waals surface area (Å²) in [4.78, 5) is 9.36. The Morgan fingerprint density at radius 1 is 1.12 bits per heavy atom. The Morgan fingerprint density at radius 3 is 2.42 bits per heavy atom. The summed E-state index contributed by atoms with van der Waals surface area (Å²) in [5.41, 5.74) is 2.64. The first-order valence-electron chi connectivity index (χ1n) is 8.32. The standard InChI is InChI=1S/C20H25N3S/c1-16(4-5-18-10-11-21-17(18)2)22-12-14-23(15-13-22)19-6-8-20(24-3)9-7-19/h4-11,21H,2,12-15H2,1,3H3/b16-4+,18-5-. The van der Waals surface area contributed by atoms with Gasteiger partial charge in [0, 0.05) is 54.0 Å². The molecule has 2 heterocycles. The van der Waals surface area contributed by atoms with Crippen LogP contribution in [0.15, 0.2) is 53.2 Å². The van der Waals surface area contributed by atoms with E-state index in [1.54, 1.807) is 11.8 Å². The third kappa shape index (κ3) is 3.88. The first-order chi connectivity index (χ1) is 11.7. The zero-order valence-corrected chi connectivity index (χ0v) is 15.3. The van der Waals surface area contributed by atoms with Crippen LogP contribution in [0.1, 0.15) is 6.92 Å². The van der Waals surface area contributed by atoms with E-state index < -0.39 is 0 Å². The quantitative estimate of drug-likeness (QED) is 0.866. The van der Waals surface area contributed by atoms with Crippen molar-refractivity contribution in [3.8, 4) is 0 Å². The fourth-order valence-electron chi connectivity index (χ4n) is 3.00. The van der Waals surface area contributed by atoms with Gasteiger partial charge in [-0.2, -0.15) is 0 Å². The first-order valence-corrected chi connectivity index (χ1v) is 9.55. The molecular weight excluding hydrogens is 314 g/mol. The lowest BCUT2D eigenvalue weighted by Crippen LogP contribution is -2.45. The SMILES string of the molecule is C=c1[nH]cc/c1=C/C=C(\C)N1CCN(c2ccc(SC)cc2)CC1. The highest BCUT2D eigenvalue weighted by atomic mass is 32.2. The number of nitrogens with zero attached hydrogens (tertiary/aromatic N) is 2. The number of nitrogens with one attached hydrogen (secondary N) is 1. The Bertz CT molecular complexity index is 796. The Morgan fingerprint density at radius 2 is 1.83 bits per heavy atom. The molecule has 0 unspecified atom stereocenters. The predicted octanol–water partition coefficient (Wildman–Crippen LogP) is 2.65. The summed E-state index contributed by atoms with van der Waals surface area (Å²) in [6, 6.07) is 10.9. The van der Waals surface area contributed by atoms with Crippen molar-refractivity contribution in [2.75, 3.05) is 37.3 Å². The van der Waals surface area contributed by atoms with Gasteiger partial charge in [0.1, 0.15) is 0 Å². The van der Waals surface area contributed by atoms with Crippen LogP contribution in [0.25, 0.3) is 12.7 Å². The van der Waals surface area contributed by atoms with Crippen molar-refractivity contribution in [1.29, 1.82) is 0 Å². The lowest BCUT2D eigenvalue weighted by atomic mass is 10.2. The molecule has 1 saturated heterocycles. The summed E-state index contributed by atoms with van der Waals surface area (Å²) >= 11 is 1.79. The molecule has 126 valence electrons. The maximum atomic E-state index is 3.99. The summed E-state index contributed by atoms with van der Waals surface area (Å²) in [6.07, 6.45) is 8.38. The van der Waals surface area contributed by atoms with E-state index in [0.29, 0.717) is 0 Å². The van der Waals surface area contributed by atoms with Crippen LogP contribution in [0.3, 0.4) is 0 Å². The second-order valence-corrected chi connectivity index (χ2v) is 6.94. The maximum absolute atomic E-state index is 3.99. The van der Waals surface area contributed by atoms with Gasteiger partial charge >= 0.3 is 0 Å². The van der Waals surface area contributed by atoms with Gasteiger partial charge in [-0.1, -0.05) is 12.7 Å². The lowest BCUT2D eigenvalue weighted by molar-refractivity contribution is 0.322. The molecule has 1 fully saturated rings. The predicted molar refractivity (Wildman–Crippen MR) is 106 cm³/mol. The number of hydrogen-bond acceptors (Lipinski definition) is 3. The van der Waals surface area contributed by atoms with Crippen molar-refractivity contribution in [1.82, 2.24) is 9.88 Å². The lowest BCUT2D eigenvalue weighted by Gasteiger charge is -2.37. The summed E-state index contributed by atoms with van der Waals surface area (Å²) in [5.74, 6) is 0. The molecule has 0 atom stereocenters. The fraction of sp³-hybridized carbons (Fsp3) is 0.300. The van der Waals surface area contributed by atoms with Gasteiger partial charge in [0.2, 0.25) is 0 Å². The van der Waals surface area contributed by atoms with Crippen molar-refractivity contribution in [2.24, 2.45) is 0 Å². The van der Waals surface area contributed by atoms with Crippen LogP contribution in [0.4, 0.5) is 5.69 Å². The second-order valence-electron chi connectivity index (χ2n) is 6.06. The highest BCUT2D eigenvalue weighted by molar-refractivity contribution is 7.98. The van der Waals surface area contributed by atoms with E-state index >= 15 is 0 Å². The molecular formula is C20H25N3S. The Kier molecular flexibility index (Phi) is 5.36. The van der Waals surface area contributed by atoms with Gasteiger partial charge in [0.05, 0.1) is 0 Å². The van der Waals surface area contributed by atoms with Gasteiger partial charge in [-0.3, -0.25) is 0 Å². The number of H-pyrrole nitrogens is 1. The normalized spacial score (nSPS) is 16.8. The van der Waals surface area contributed by atoms with Crippen LogP contribution in [-0.4, -0.2) is 42.3 Å². The monoisotopic (exact) mass is 339 g/mol. The second kappa shape index (κ2) is 7.67. The van der Waals surface area contributed by atoms with E-state index in [-0.39, 0.29) is 0 Å². The number of allylic oxidation sites excluding steroid dienone is 2. The largest absolute Gasteiger partial charge is 0.371 e. The first kappa shape index (κ1) is 16.8. The molecule has 3 rings (SSSR count). The molecule has 0 aliphatic carbocycles. The number of benzene rings is 1. The molecule has 3 nitrogen and oxygen atoms in total. The van der Waals surface area contributed by atoms with Gasteiger partial charge in [-0.15, -0.1) is 11.8 Å². The summed E-state index contributed by atoms with van der Waals surface area (Å²) < 4.78 is 0. The van der Waals surface area contributed by atoms with Crippen LogP contribution >= 0.6 is 11.8 Å². The molecule has 0 saturated carbocycles. The third-order valence-electron chi connectivity index (χ3n) is 4.59. The van der Waals surface area contributed by atoms with E-state index in [1.165, 1.54) is 16.3 Å². The average molecular weight is 340 g/mol. The smallest absolute Gasteiger partial charge is 0.0380 e.